The Morgan fingerprint density at radius 2 is 2.13 bits per heavy atom. The minimum Gasteiger partial charge on any atom is -0.331 e. The maximum Gasteiger partial charge on any atom is 0.285 e. The van der Waals surface area contributed by atoms with Crippen LogP contribution in [0.2, 0.25) is 0 Å². The third-order valence-corrected chi connectivity index (χ3v) is 3.64. The van der Waals surface area contributed by atoms with Gasteiger partial charge < -0.3 is 4.90 Å². The van der Waals surface area contributed by atoms with Gasteiger partial charge in [0.05, 0.1) is 5.69 Å². The second kappa shape index (κ2) is 3.34. The van der Waals surface area contributed by atoms with Crippen molar-refractivity contribution in [3.63, 3.8) is 0 Å². The lowest BCUT2D eigenvalue weighted by Crippen LogP contribution is -2.26. The molecule has 1 aliphatic rings. The lowest BCUT2D eigenvalue weighted by Gasteiger charge is -2.23. The fraction of sp³-hybridized carbons (Fsp3) is 0.300. The summed E-state index contributed by atoms with van der Waals surface area (Å²) in [6.45, 7) is 4.60. The molecule has 15 heavy (non-hydrogen) atoms. The molecule has 0 saturated heterocycles. The van der Waals surface area contributed by atoms with Gasteiger partial charge in [0.25, 0.3) is 10.0 Å². The first-order valence-electron chi connectivity index (χ1n) is 4.72. The van der Waals surface area contributed by atoms with E-state index >= 15 is 0 Å². The Kier molecular flexibility index (Phi) is 2.26. The van der Waals surface area contributed by atoms with Crippen molar-refractivity contribution in [2.45, 2.75) is 18.7 Å². The SMILES string of the molecule is CCN1C=NS(=O)(=O)c2ccc(C)cc21. The van der Waals surface area contributed by atoms with Gasteiger partial charge in [0, 0.05) is 6.54 Å². The first kappa shape index (κ1) is 10.2. The Balaban J connectivity index is 2.70. The molecule has 1 aromatic rings. The monoisotopic (exact) mass is 224 g/mol. The van der Waals surface area contributed by atoms with Crippen LogP contribution in [0.15, 0.2) is 27.5 Å². The lowest BCUT2D eigenvalue weighted by atomic mass is 10.2. The van der Waals surface area contributed by atoms with E-state index in [2.05, 4.69) is 4.40 Å². The van der Waals surface area contributed by atoms with Crippen LogP contribution in [0.25, 0.3) is 0 Å². The van der Waals surface area contributed by atoms with Crippen molar-refractivity contribution in [2.75, 3.05) is 11.4 Å². The molecule has 0 N–H and O–H groups in total. The number of nitrogens with zero attached hydrogens (tertiary/aromatic N) is 2. The number of benzene rings is 1. The number of rotatable bonds is 1. The fourth-order valence-electron chi connectivity index (χ4n) is 1.56. The van der Waals surface area contributed by atoms with E-state index in [0.29, 0.717) is 12.2 Å². The first-order chi connectivity index (χ1) is 7.04. The topological polar surface area (TPSA) is 49.7 Å². The van der Waals surface area contributed by atoms with Gasteiger partial charge in [-0.3, -0.25) is 0 Å². The van der Waals surface area contributed by atoms with Crippen LogP contribution >= 0.6 is 0 Å². The van der Waals surface area contributed by atoms with Crippen molar-refractivity contribution in [1.29, 1.82) is 0 Å². The van der Waals surface area contributed by atoms with Crippen molar-refractivity contribution in [2.24, 2.45) is 4.40 Å². The molecular weight excluding hydrogens is 212 g/mol. The van der Waals surface area contributed by atoms with E-state index in [1.54, 1.807) is 12.1 Å². The zero-order chi connectivity index (χ0) is 11.1. The van der Waals surface area contributed by atoms with Gasteiger partial charge in [-0.25, -0.2) is 0 Å². The van der Waals surface area contributed by atoms with Crippen molar-refractivity contribution < 1.29 is 8.42 Å². The molecule has 5 heteroatoms. The van der Waals surface area contributed by atoms with Crippen molar-refractivity contribution in [3.05, 3.63) is 23.8 Å². The van der Waals surface area contributed by atoms with Crippen LogP contribution in [0.3, 0.4) is 0 Å². The summed E-state index contributed by atoms with van der Waals surface area (Å²) in [5.74, 6) is 0. The number of aryl methyl sites for hydroxylation is 1. The number of hydrogen-bond acceptors (Lipinski definition) is 3. The molecule has 80 valence electrons. The predicted octanol–water partition coefficient (Wildman–Crippen LogP) is 1.55. The molecule has 1 aliphatic heterocycles. The molecule has 1 heterocycles. The third kappa shape index (κ3) is 1.63. The van der Waals surface area contributed by atoms with E-state index in [4.69, 9.17) is 0 Å². The van der Waals surface area contributed by atoms with Gasteiger partial charge in [0.2, 0.25) is 0 Å². The molecule has 1 aromatic carbocycles. The number of fused-ring (bicyclic) bond motifs is 1. The zero-order valence-corrected chi connectivity index (χ0v) is 9.45. The molecule has 0 atom stereocenters. The Bertz CT molecular complexity index is 520. The summed E-state index contributed by atoms with van der Waals surface area (Å²) in [6, 6.07) is 5.26. The molecule has 0 aliphatic carbocycles. The van der Waals surface area contributed by atoms with E-state index in [1.807, 2.05) is 24.8 Å². The Morgan fingerprint density at radius 3 is 2.80 bits per heavy atom. The van der Waals surface area contributed by atoms with Gasteiger partial charge >= 0.3 is 0 Å². The van der Waals surface area contributed by atoms with Gasteiger partial charge in [-0.1, -0.05) is 6.07 Å². The largest absolute Gasteiger partial charge is 0.331 e. The standard InChI is InChI=1S/C10H12N2O2S/c1-3-12-7-11-15(13,14)10-5-4-8(2)6-9(10)12/h4-7H,3H2,1-2H3. The molecule has 0 unspecified atom stereocenters. The highest BCUT2D eigenvalue weighted by molar-refractivity contribution is 7.90. The summed E-state index contributed by atoms with van der Waals surface area (Å²) >= 11 is 0. The summed E-state index contributed by atoms with van der Waals surface area (Å²) in [6.07, 6.45) is 1.37. The molecule has 2 rings (SSSR count). The Hall–Kier alpha value is -1.36. The minimum absolute atomic E-state index is 0.289. The van der Waals surface area contributed by atoms with E-state index < -0.39 is 10.0 Å². The van der Waals surface area contributed by atoms with E-state index in [0.717, 1.165) is 5.56 Å². The van der Waals surface area contributed by atoms with Crippen molar-refractivity contribution in [3.8, 4) is 0 Å². The van der Waals surface area contributed by atoms with Crippen LogP contribution in [0, 0.1) is 6.92 Å². The van der Waals surface area contributed by atoms with Crippen LogP contribution in [0.4, 0.5) is 5.69 Å². The molecule has 0 fully saturated rings. The van der Waals surface area contributed by atoms with Crippen LogP contribution in [0.1, 0.15) is 12.5 Å². The summed E-state index contributed by atoms with van der Waals surface area (Å²) < 4.78 is 26.8. The molecule has 0 bridgehead atoms. The van der Waals surface area contributed by atoms with E-state index in [9.17, 15) is 8.42 Å². The van der Waals surface area contributed by atoms with Crippen LogP contribution in [0.5, 0.6) is 0 Å². The lowest BCUT2D eigenvalue weighted by molar-refractivity contribution is 0.597. The van der Waals surface area contributed by atoms with E-state index in [1.165, 1.54) is 6.34 Å². The van der Waals surface area contributed by atoms with Gasteiger partial charge in [0.1, 0.15) is 11.2 Å². The highest BCUT2D eigenvalue weighted by Gasteiger charge is 2.24. The highest BCUT2D eigenvalue weighted by Crippen LogP contribution is 2.30. The zero-order valence-electron chi connectivity index (χ0n) is 8.64. The summed E-state index contributed by atoms with van der Waals surface area (Å²) in [4.78, 5) is 2.11. The number of anilines is 1. The van der Waals surface area contributed by atoms with Crippen molar-refractivity contribution in [1.82, 2.24) is 0 Å². The van der Waals surface area contributed by atoms with Crippen LogP contribution in [-0.4, -0.2) is 21.3 Å². The second-order valence-electron chi connectivity index (χ2n) is 3.45. The minimum atomic E-state index is -3.47. The number of sulfonamides is 1. The summed E-state index contributed by atoms with van der Waals surface area (Å²) in [5.41, 5.74) is 1.75. The molecule has 0 saturated carbocycles. The van der Waals surface area contributed by atoms with Gasteiger partial charge in [0.15, 0.2) is 0 Å². The Labute approximate surface area is 89.3 Å². The maximum atomic E-state index is 11.6. The smallest absolute Gasteiger partial charge is 0.285 e. The number of hydrogen-bond donors (Lipinski definition) is 0. The normalized spacial score (nSPS) is 17.6. The third-order valence-electron chi connectivity index (χ3n) is 2.37. The predicted molar refractivity (Wildman–Crippen MR) is 59.9 cm³/mol. The van der Waals surface area contributed by atoms with Gasteiger partial charge in [-0.05, 0) is 31.5 Å². The van der Waals surface area contributed by atoms with Gasteiger partial charge in [-0.15, -0.1) is 4.40 Å². The summed E-state index contributed by atoms with van der Waals surface area (Å²) in [7, 11) is -3.47. The van der Waals surface area contributed by atoms with Crippen LogP contribution in [-0.2, 0) is 10.0 Å². The molecule has 0 radical (unpaired) electrons. The molecule has 0 aromatic heterocycles. The molecular formula is C10H12N2O2S. The first-order valence-corrected chi connectivity index (χ1v) is 6.16. The summed E-state index contributed by atoms with van der Waals surface area (Å²) in [5, 5.41) is 0. The second-order valence-corrected chi connectivity index (χ2v) is 5.05. The maximum absolute atomic E-state index is 11.6. The quantitative estimate of drug-likeness (QED) is 0.727. The Morgan fingerprint density at radius 1 is 1.40 bits per heavy atom. The van der Waals surface area contributed by atoms with Gasteiger partial charge in [-0.2, -0.15) is 8.42 Å². The average molecular weight is 224 g/mol. The highest BCUT2D eigenvalue weighted by atomic mass is 32.2. The van der Waals surface area contributed by atoms with Crippen molar-refractivity contribution >= 4 is 22.0 Å². The molecule has 0 amide bonds. The van der Waals surface area contributed by atoms with Crippen LogP contribution < -0.4 is 4.90 Å². The molecule has 4 nitrogen and oxygen atoms in total. The van der Waals surface area contributed by atoms with E-state index in [-0.39, 0.29) is 4.90 Å². The fourth-order valence-corrected chi connectivity index (χ4v) is 2.59. The molecule has 0 spiro atoms. The average Bonchev–Trinajstić information content (AvgIpc) is 2.17.